The van der Waals surface area contributed by atoms with Crippen LogP contribution < -0.4 is 14.2 Å². The van der Waals surface area contributed by atoms with E-state index in [-0.39, 0.29) is 12.1 Å². The molecule has 1 unspecified atom stereocenters. The van der Waals surface area contributed by atoms with Gasteiger partial charge in [-0.25, -0.2) is 4.79 Å². The summed E-state index contributed by atoms with van der Waals surface area (Å²) in [6, 6.07) is 23.0. The van der Waals surface area contributed by atoms with Crippen molar-refractivity contribution < 1.29 is 19.0 Å². The van der Waals surface area contributed by atoms with Crippen LogP contribution in [-0.4, -0.2) is 18.7 Å². The summed E-state index contributed by atoms with van der Waals surface area (Å²) >= 11 is 0. The standard InChI is InChI=1S/C36H48O4/c1-4-6-8-10-11-12-14-28-38-33-22-16-30(17-23-33)31-18-24-35(25-19-31)40-36(37)32-20-26-34(27-21-32)39-29(3)15-13-9-7-5-2/h16-27,29H,4-15,28H2,1-3H3. The van der Waals surface area contributed by atoms with E-state index in [4.69, 9.17) is 14.2 Å². The van der Waals surface area contributed by atoms with Gasteiger partial charge in [-0.05, 0) is 85.8 Å². The van der Waals surface area contributed by atoms with Crippen LogP contribution in [0.25, 0.3) is 11.1 Å². The van der Waals surface area contributed by atoms with Crippen LogP contribution in [0.1, 0.15) is 108 Å². The zero-order chi connectivity index (χ0) is 28.4. The van der Waals surface area contributed by atoms with Gasteiger partial charge < -0.3 is 14.2 Å². The molecule has 0 heterocycles. The van der Waals surface area contributed by atoms with Gasteiger partial charge in [-0.15, -0.1) is 0 Å². The van der Waals surface area contributed by atoms with E-state index in [0.717, 1.165) is 42.1 Å². The zero-order valence-electron chi connectivity index (χ0n) is 24.8. The fourth-order valence-corrected chi connectivity index (χ4v) is 4.69. The Balaban J connectivity index is 1.41. The molecule has 0 aliphatic heterocycles. The molecule has 0 fully saturated rings. The summed E-state index contributed by atoms with van der Waals surface area (Å²) < 4.78 is 17.5. The lowest BCUT2D eigenvalue weighted by Gasteiger charge is -2.14. The number of esters is 1. The molecular formula is C36H48O4. The largest absolute Gasteiger partial charge is 0.494 e. The van der Waals surface area contributed by atoms with E-state index in [1.807, 2.05) is 48.5 Å². The molecule has 0 saturated heterocycles. The van der Waals surface area contributed by atoms with Gasteiger partial charge in [0.05, 0.1) is 18.3 Å². The van der Waals surface area contributed by atoms with E-state index in [1.165, 1.54) is 64.2 Å². The minimum absolute atomic E-state index is 0.159. The Morgan fingerprint density at radius 3 is 1.70 bits per heavy atom. The Hall–Kier alpha value is -3.27. The smallest absolute Gasteiger partial charge is 0.343 e. The number of hydrogen-bond donors (Lipinski definition) is 0. The highest BCUT2D eigenvalue weighted by Crippen LogP contribution is 2.26. The number of benzene rings is 3. The average Bonchev–Trinajstić information content (AvgIpc) is 2.98. The number of hydrogen-bond acceptors (Lipinski definition) is 4. The van der Waals surface area contributed by atoms with Gasteiger partial charge in [-0.1, -0.05) is 95.9 Å². The molecule has 0 aromatic heterocycles. The lowest BCUT2D eigenvalue weighted by molar-refractivity contribution is 0.0734. The van der Waals surface area contributed by atoms with Gasteiger partial charge in [0.25, 0.3) is 0 Å². The third-order valence-electron chi connectivity index (χ3n) is 7.16. The molecule has 0 bridgehead atoms. The fourth-order valence-electron chi connectivity index (χ4n) is 4.69. The highest BCUT2D eigenvalue weighted by atomic mass is 16.5. The van der Waals surface area contributed by atoms with Crippen molar-refractivity contribution in [1.82, 2.24) is 0 Å². The summed E-state index contributed by atoms with van der Waals surface area (Å²) in [5.41, 5.74) is 2.65. The van der Waals surface area contributed by atoms with Gasteiger partial charge in [-0.2, -0.15) is 0 Å². The molecule has 0 radical (unpaired) electrons. The summed E-state index contributed by atoms with van der Waals surface area (Å²) in [6.45, 7) is 7.33. The van der Waals surface area contributed by atoms with Crippen molar-refractivity contribution in [2.45, 2.75) is 104 Å². The van der Waals surface area contributed by atoms with Gasteiger partial charge in [0.1, 0.15) is 17.2 Å². The minimum atomic E-state index is -0.380. The Morgan fingerprint density at radius 2 is 1.10 bits per heavy atom. The van der Waals surface area contributed by atoms with Gasteiger partial charge >= 0.3 is 5.97 Å². The minimum Gasteiger partial charge on any atom is -0.494 e. The number of rotatable bonds is 19. The summed E-state index contributed by atoms with van der Waals surface area (Å²) in [5.74, 6) is 1.81. The van der Waals surface area contributed by atoms with E-state index >= 15 is 0 Å². The quantitative estimate of drug-likeness (QED) is 0.0855. The van der Waals surface area contributed by atoms with E-state index in [9.17, 15) is 4.79 Å². The number of unbranched alkanes of at least 4 members (excludes halogenated alkanes) is 9. The summed E-state index contributed by atoms with van der Waals surface area (Å²) in [6.07, 6.45) is 15.1. The van der Waals surface area contributed by atoms with Crippen LogP contribution in [0.15, 0.2) is 72.8 Å². The van der Waals surface area contributed by atoms with Crippen molar-refractivity contribution in [2.75, 3.05) is 6.61 Å². The maximum absolute atomic E-state index is 12.7. The number of ether oxygens (including phenoxy) is 3. The first-order valence-electron chi connectivity index (χ1n) is 15.4. The van der Waals surface area contributed by atoms with Crippen LogP contribution in [0.2, 0.25) is 0 Å². The van der Waals surface area contributed by atoms with Crippen molar-refractivity contribution in [3.8, 4) is 28.4 Å². The Morgan fingerprint density at radius 1 is 0.600 bits per heavy atom. The SMILES string of the molecule is CCCCCCCCCOc1ccc(-c2ccc(OC(=O)c3ccc(OC(C)CCCCCC)cc3)cc2)cc1. The van der Waals surface area contributed by atoms with E-state index < -0.39 is 0 Å². The summed E-state index contributed by atoms with van der Waals surface area (Å²) in [4.78, 5) is 12.7. The molecule has 3 aromatic rings. The molecular weight excluding hydrogens is 496 g/mol. The van der Waals surface area contributed by atoms with Crippen LogP contribution in [0.3, 0.4) is 0 Å². The van der Waals surface area contributed by atoms with Crippen LogP contribution in [0.4, 0.5) is 0 Å². The molecule has 4 heteroatoms. The first-order valence-corrected chi connectivity index (χ1v) is 15.4. The Kier molecular flexibility index (Phi) is 14.2. The van der Waals surface area contributed by atoms with Crippen molar-refractivity contribution in [1.29, 1.82) is 0 Å². The van der Waals surface area contributed by atoms with Gasteiger partial charge in [-0.3, -0.25) is 0 Å². The third kappa shape index (κ3) is 11.5. The lowest BCUT2D eigenvalue weighted by Crippen LogP contribution is -2.12. The zero-order valence-corrected chi connectivity index (χ0v) is 24.8. The molecule has 4 nitrogen and oxygen atoms in total. The first kappa shape index (κ1) is 31.3. The fraction of sp³-hybridized carbons (Fsp3) is 0.472. The first-order chi connectivity index (χ1) is 19.6. The highest BCUT2D eigenvalue weighted by molar-refractivity contribution is 5.91. The molecule has 216 valence electrons. The molecule has 1 atom stereocenters. The highest BCUT2D eigenvalue weighted by Gasteiger charge is 2.11. The van der Waals surface area contributed by atoms with E-state index in [1.54, 1.807) is 12.1 Å². The van der Waals surface area contributed by atoms with Crippen molar-refractivity contribution in [2.24, 2.45) is 0 Å². The van der Waals surface area contributed by atoms with Crippen LogP contribution in [-0.2, 0) is 0 Å². The molecule has 3 rings (SSSR count). The lowest BCUT2D eigenvalue weighted by atomic mass is 10.1. The van der Waals surface area contributed by atoms with Crippen molar-refractivity contribution in [3.05, 3.63) is 78.4 Å². The van der Waals surface area contributed by atoms with Gasteiger partial charge in [0, 0.05) is 0 Å². The predicted molar refractivity (Wildman–Crippen MR) is 166 cm³/mol. The second-order valence-corrected chi connectivity index (χ2v) is 10.7. The van der Waals surface area contributed by atoms with Crippen molar-refractivity contribution in [3.63, 3.8) is 0 Å². The second kappa shape index (κ2) is 18.1. The van der Waals surface area contributed by atoms with Gasteiger partial charge in [0.15, 0.2) is 0 Å². The third-order valence-corrected chi connectivity index (χ3v) is 7.16. The molecule has 0 saturated carbocycles. The Labute approximate surface area is 242 Å². The molecule has 0 aliphatic carbocycles. The monoisotopic (exact) mass is 544 g/mol. The summed E-state index contributed by atoms with van der Waals surface area (Å²) in [5, 5.41) is 0. The predicted octanol–water partition coefficient (Wildman–Crippen LogP) is 10.4. The Bertz CT molecular complexity index is 1090. The normalized spacial score (nSPS) is 11.7. The van der Waals surface area contributed by atoms with Crippen LogP contribution in [0, 0.1) is 0 Å². The van der Waals surface area contributed by atoms with Crippen LogP contribution >= 0.6 is 0 Å². The van der Waals surface area contributed by atoms with Crippen LogP contribution in [0.5, 0.6) is 17.2 Å². The topological polar surface area (TPSA) is 44.8 Å². The van der Waals surface area contributed by atoms with Gasteiger partial charge in [0.2, 0.25) is 0 Å². The molecule has 0 amide bonds. The molecule has 0 spiro atoms. The van der Waals surface area contributed by atoms with Crippen molar-refractivity contribution >= 4 is 5.97 Å². The maximum atomic E-state index is 12.7. The van der Waals surface area contributed by atoms with E-state index in [0.29, 0.717) is 11.3 Å². The molecule has 0 N–H and O–H groups in total. The maximum Gasteiger partial charge on any atom is 0.343 e. The number of carbonyl (C=O) groups is 1. The summed E-state index contributed by atoms with van der Waals surface area (Å²) in [7, 11) is 0. The second-order valence-electron chi connectivity index (χ2n) is 10.7. The molecule has 0 aliphatic rings. The number of carbonyl (C=O) groups excluding carboxylic acids is 1. The molecule has 40 heavy (non-hydrogen) atoms. The average molecular weight is 545 g/mol. The molecule has 3 aromatic carbocycles. The van der Waals surface area contributed by atoms with E-state index in [2.05, 4.69) is 32.9 Å².